The number of carbonyl (C=O) groups excluding carboxylic acids is 3. The van der Waals surface area contributed by atoms with Crippen LogP contribution in [0.5, 0.6) is 0 Å². The minimum absolute atomic E-state index is 0.0656. The van der Waals surface area contributed by atoms with Gasteiger partial charge in [0.2, 0.25) is 17.7 Å². The van der Waals surface area contributed by atoms with Crippen LogP contribution in [-0.4, -0.2) is 24.8 Å². The van der Waals surface area contributed by atoms with E-state index in [4.69, 9.17) is 0 Å². The van der Waals surface area contributed by atoms with Crippen LogP contribution in [0.25, 0.3) is 0 Å². The van der Waals surface area contributed by atoms with Crippen molar-refractivity contribution in [2.45, 2.75) is 19.8 Å². The van der Waals surface area contributed by atoms with Crippen LogP contribution in [0.3, 0.4) is 0 Å². The smallest absolute Gasteiger partial charge is 0.231 e. The number of nitrogens with one attached hydrogen (secondary N) is 2. The lowest BCUT2D eigenvalue weighted by atomic mass is 10.1. The maximum absolute atomic E-state index is 12.2. The molecule has 2 N–H and O–H groups in total. The van der Waals surface area contributed by atoms with Crippen LogP contribution in [0.4, 0.5) is 17.1 Å². The van der Waals surface area contributed by atoms with Crippen LogP contribution in [0.2, 0.25) is 0 Å². The number of carbonyl (C=O) groups is 3. The number of hydrogen-bond donors (Lipinski definition) is 2. The molecule has 0 radical (unpaired) electrons. The molecule has 0 aliphatic carbocycles. The third kappa shape index (κ3) is 3.85. The maximum atomic E-state index is 12.2. The molecule has 0 saturated carbocycles. The molecule has 3 rings (SSSR count). The fourth-order valence-corrected chi connectivity index (χ4v) is 2.86. The minimum Gasteiger partial charge on any atom is -0.326 e. The second-order valence-corrected chi connectivity index (χ2v) is 6.08. The lowest BCUT2D eigenvalue weighted by Crippen LogP contribution is -2.20. The van der Waals surface area contributed by atoms with Gasteiger partial charge in [0, 0.05) is 31.0 Å². The highest BCUT2D eigenvalue weighted by Crippen LogP contribution is 2.28. The molecule has 0 unspecified atom stereocenters. The van der Waals surface area contributed by atoms with Crippen molar-refractivity contribution in [3.8, 4) is 0 Å². The molecule has 2 aromatic carbocycles. The Morgan fingerprint density at radius 1 is 1.04 bits per heavy atom. The quantitative estimate of drug-likeness (QED) is 0.899. The zero-order valence-corrected chi connectivity index (χ0v) is 14.1. The number of hydrogen-bond acceptors (Lipinski definition) is 3. The highest BCUT2D eigenvalue weighted by atomic mass is 16.2. The van der Waals surface area contributed by atoms with Gasteiger partial charge < -0.3 is 15.5 Å². The Bertz CT molecular complexity index is 843. The van der Waals surface area contributed by atoms with Crippen LogP contribution >= 0.6 is 0 Å². The van der Waals surface area contributed by atoms with Crippen molar-refractivity contribution in [3.05, 3.63) is 53.6 Å². The Balaban J connectivity index is 1.62. The summed E-state index contributed by atoms with van der Waals surface area (Å²) in [4.78, 5) is 36.6. The van der Waals surface area contributed by atoms with Crippen LogP contribution in [0.1, 0.15) is 18.1 Å². The van der Waals surface area contributed by atoms with Crippen molar-refractivity contribution in [3.63, 3.8) is 0 Å². The largest absolute Gasteiger partial charge is 0.326 e. The topological polar surface area (TPSA) is 78.5 Å². The molecule has 0 saturated heterocycles. The van der Waals surface area contributed by atoms with E-state index >= 15 is 0 Å². The second kappa shape index (κ2) is 6.76. The van der Waals surface area contributed by atoms with E-state index in [0.717, 1.165) is 16.8 Å². The van der Waals surface area contributed by atoms with E-state index in [0.29, 0.717) is 17.8 Å². The third-order valence-electron chi connectivity index (χ3n) is 4.07. The molecule has 2 aromatic rings. The maximum Gasteiger partial charge on any atom is 0.231 e. The fraction of sp³-hybridized carbons (Fsp3) is 0.211. The first-order valence-corrected chi connectivity index (χ1v) is 7.98. The Morgan fingerprint density at radius 2 is 1.68 bits per heavy atom. The van der Waals surface area contributed by atoms with E-state index in [-0.39, 0.29) is 24.1 Å². The van der Waals surface area contributed by atoms with Crippen molar-refractivity contribution in [1.82, 2.24) is 0 Å². The highest BCUT2D eigenvalue weighted by Gasteiger charge is 2.24. The van der Waals surface area contributed by atoms with Gasteiger partial charge in [-0.15, -0.1) is 0 Å². The first kappa shape index (κ1) is 16.7. The van der Waals surface area contributed by atoms with E-state index in [1.165, 1.54) is 6.92 Å². The van der Waals surface area contributed by atoms with Crippen molar-refractivity contribution >= 4 is 34.8 Å². The van der Waals surface area contributed by atoms with Crippen LogP contribution in [-0.2, 0) is 27.2 Å². The molecule has 1 aliphatic heterocycles. The monoisotopic (exact) mass is 337 g/mol. The Morgan fingerprint density at radius 3 is 2.32 bits per heavy atom. The molecule has 6 nitrogen and oxygen atoms in total. The van der Waals surface area contributed by atoms with E-state index in [2.05, 4.69) is 10.6 Å². The fourth-order valence-electron chi connectivity index (χ4n) is 2.86. The van der Waals surface area contributed by atoms with Gasteiger partial charge in [-0.05, 0) is 41.5 Å². The summed E-state index contributed by atoms with van der Waals surface area (Å²) in [6.07, 6.45) is 0.616. The minimum atomic E-state index is -0.141. The van der Waals surface area contributed by atoms with Gasteiger partial charge in [0.25, 0.3) is 0 Å². The summed E-state index contributed by atoms with van der Waals surface area (Å²) in [5.41, 5.74) is 4.07. The predicted molar refractivity (Wildman–Crippen MR) is 96.6 cm³/mol. The zero-order chi connectivity index (χ0) is 18.0. The molecular weight excluding hydrogens is 318 g/mol. The van der Waals surface area contributed by atoms with Gasteiger partial charge in [0.05, 0.1) is 12.8 Å². The van der Waals surface area contributed by atoms with Crippen LogP contribution in [0.15, 0.2) is 42.5 Å². The average Bonchev–Trinajstić information content (AvgIpc) is 2.83. The van der Waals surface area contributed by atoms with E-state index in [9.17, 15) is 14.4 Å². The molecule has 0 atom stereocenters. The molecule has 3 amide bonds. The summed E-state index contributed by atoms with van der Waals surface area (Å²) in [6.45, 7) is 1.44. The number of benzene rings is 2. The van der Waals surface area contributed by atoms with Crippen molar-refractivity contribution in [2.75, 3.05) is 22.6 Å². The first-order chi connectivity index (χ1) is 11.9. The summed E-state index contributed by atoms with van der Waals surface area (Å²) in [6, 6.07) is 12.6. The number of rotatable bonds is 4. The van der Waals surface area contributed by atoms with Gasteiger partial charge in [-0.25, -0.2) is 0 Å². The Labute approximate surface area is 145 Å². The molecule has 0 aromatic heterocycles. The van der Waals surface area contributed by atoms with Crippen LogP contribution < -0.4 is 15.5 Å². The summed E-state index contributed by atoms with van der Waals surface area (Å²) in [5.74, 6) is -0.210. The summed E-state index contributed by atoms with van der Waals surface area (Å²) in [7, 11) is 1.76. The highest BCUT2D eigenvalue weighted by molar-refractivity contribution is 6.01. The second-order valence-electron chi connectivity index (χ2n) is 6.08. The number of likely N-dealkylation sites (N-methyl/N-ethyl adjacent to an activating group) is 1. The van der Waals surface area contributed by atoms with Crippen molar-refractivity contribution in [2.24, 2.45) is 0 Å². The molecule has 128 valence electrons. The number of nitrogens with zero attached hydrogens (tertiary/aromatic N) is 1. The molecule has 1 heterocycles. The molecule has 6 heteroatoms. The Hall–Kier alpha value is -3.15. The van der Waals surface area contributed by atoms with E-state index in [1.54, 1.807) is 36.2 Å². The van der Waals surface area contributed by atoms with E-state index in [1.807, 2.05) is 18.2 Å². The number of anilines is 3. The zero-order valence-electron chi connectivity index (χ0n) is 14.1. The first-order valence-electron chi connectivity index (χ1n) is 7.98. The number of amides is 3. The van der Waals surface area contributed by atoms with Gasteiger partial charge in [-0.1, -0.05) is 12.1 Å². The summed E-state index contributed by atoms with van der Waals surface area (Å²) in [5, 5.41) is 5.50. The lowest BCUT2D eigenvalue weighted by Gasteiger charge is -2.11. The molecular formula is C19H19N3O3. The van der Waals surface area contributed by atoms with E-state index < -0.39 is 0 Å². The lowest BCUT2D eigenvalue weighted by molar-refractivity contribution is -0.117. The van der Waals surface area contributed by atoms with Crippen LogP contribution in [0, 0.1) is 0 Å². The van der Waals surface area contributed by atoms with Gasteiger partial charge in [-0.3, -0.25) is 14.4 Å². The average molecular weight is 337 g/mol. The van der Waals surface area contributed by atoms with Crippen molar-refractivity contribution in [1.29, 1.82) is 0 Å². The summed E-state index contributed by atoms with van der Waals surface area (Å²) < 4.78 is 0. The molecule has 25 heavy (non-hydrogen) atoms. The van der Waals surface area contributed by atoms with Gasteiger partial charge in [0.15, 0.2) is 0 Å². The summed E-state index contributed by atoms with van der Waals surface area (Å²) >= 11 is 0. The third-order valence-corrected chi connectivity index (χ3v) is 4.07. The Kier molecular flexibility index (Phi) is 4.52. The van der Waals surface area contributed by atoms with Crippen molar-refractivity contribution < 1.29 is 14.4 Å². The SMILES string of the molecule is CC(=O)Nc1ccc(NC(=O)Cc2ccc3c(c2)CC(=O)N3C)cc1. The molecule has 0 spiro atoms. The predicted octanol–water partition coefficient (Wildman–Crippen LogP) is 2.35. The normalized spacial score (nSPS) is 12.7. The van der Waals surface area contributed by atoms with Gasteiger partial charge in [0.1, 0.15) is 0 Å². The van der Waals surface area contributed by atoms with Gasteiger partial charge >= 0.3 is 0 Å². The van der Waals surface area contributed by atoms with Gasteiger partial charge in [-0.2, -0.15) is 0 Å². The number of fused-ring (bicyclic) bond motifs is 1. The molecule has 0 fully saturated rings. The molecule has 1 aliphatic rings. The molecule has 0 bridgehead atoms. The standard InChI is InChI=1S/C19H19N3O3/c1-12(23)20-15-4-6-16(7-5-15)21-18(24)10-13-3-8-17-14(9-13)11-19(25)22(17)2/h3-9H,10-11H2,1-2H3,(H,20,23)(H,21,24).